The molecule has 2 aromatic carbocycles. The summed E-state index contributed by atoms with van der Waals surface area (Å²) in [6.07, 6.45) is 0. The quantitative estimate of drug-likeness (QED) is 0.751. The molecule has 3 aromatic rings. The lowest BCUT2D eigenvalue weighted by Crippen LogP contribution is -2.43. The van der Waals surface area contributed by atoms with E-state index in [1.54, 1.807) is 12.1 Å². The summed E-state index contributed by atoms with van der Waals surface area (Å²) in [6, 6.07) is 12.2. The third kappa shape index (κ3) is 3.75. The van der Waals surface area contributed by atoms with Crippen LogP contribution in [0.25, 0.3) is 5.69 Å². The molecule has 7 nitrogen and oxygen atoms in total. The van der Waals surface area contributed by atoms with Gasteiger partial charge in [0.1, 0.15) is 5.82 Å². The summed E-state index contributed by atoms with van der Waals surface area (Å²) in [4.78, 5) is 37.3. The standard InChI is InChI=1S/C20H19FN4O3/c1-12(2)13-4-8-15(9-5-13)22-18(26)17-19(27)24(3)20(28)25(23-17)16-10-6-14(21)7-11-16/h4-12H,1-3H3,(H,22,26). The van der Waals surface area contributed by atoms with Crippen LogP contribution in [-0.2, 0) is 7.05 Å². The van der Waals surface area contributed by atoms with Crippen molar-refractivity contribution in [1.82, 2.24) is 14.3 Å². The highest BCUT2D eigenvalue weighted by molar-refractivity contribution is 6.02. The van der Waals surface area contributed by atoms with E-state index >= 15 is 0 Å². The molecule has 0 saturated carbocycles. The maximum absolute atomic E-state index is 13.1. The number of anilines is 1. The molecular weight excluding hydrogens is 363 g/mol. The van der Waals surface area contributed by atoms with E-state index in [9.17, 15) is 18.8 Å². The minimum absolute atomic E-state index is 0.234. The van der Waals surface area contributed by atoms with Crippen molar-refractivity contribution in [2.75, 3.05) is 5.32 Å². The lowest BCUT2D eigenvalue weighted by molar-refractivity contribution is 0.101. The summed E-state index contributed by atoms with van der Waals surface area (Å²) >= 11 is 0. The van der Waals surface area contributed by atoms with Gasteiger partial charge in [-0.2, -0.15) is 9.78 Å². The zero-order valence-corrected chi connectivity index (χ0v) is 15.6. The van der Waals surface area contributed by atoms with Crippen molar-refractivity contribution < 1.29 is 9.18 Å². The van der Waals surface area contributed by atoms with Crippen molar-refractivity contribution in [3.05, 3.63) is 86.4 Å². The van der Waals surface area contributed by atoms with Crippen LogP contribution in [0.1, 0.15) is 35.8 Å². The first-order valence-corrected chi connectivity index (χ1v) is 8.65. The lowest BCUT2D eigenvalue weighted by atomic mass is 10.0. The molecule has 0 aliphatic rings. The Kier molecular flexibility index (Phi) is 5.21. The first-order chi connectivity index (χ1) is 13.3. The second-order valence-corrected chi connectivity index (χ2v) is 6.61. The predicted molar refractivity (Wildman–Crippen MR) is 104 cm³/mol. The zero-order chi connectivity index (χ0) is 20.4. The SMILES string of the molecule is CC(C)c1ccc(NC(=O)c2nn(-c3ccc(F)cc3)c(=O)n(C)c2=O)cc1. The van der Waals surface area contributed by atoms with E-state index in [1.807, 2.05) is 12.1 Å². The maximum Gasteiger partial charge on any atom is 0.351 e. The average molecular weight is 382 g/mol. The molecule has 1 amide bonds. The van der Waals surface area contributed by atoms with Crippen LogP contribution in [0.2, 0.25) is 0 Å². The van der Waals surface area contributed by atoms with Crippen LogP contribution in [0.15, 0.2) is 58.1 Å². The predicted octanol–water partition coefficient (Wildman–Crippen LogP) is 2.45. The number of aromatic nitrogens is 3. The van der Waals surface area contributed by atoms with E-state index < -0.39 is 28.7 Å². The number of hydrogen-bond donors (Lipinski definition) is 1. The summed E-state index contributed by atoms with van der Waals surface area (Å²) in [5, 5.41) is 6.52. The van der Waals surface area contributed by atoms with E-state index in [4.69, 9.17) is 0 Å². The number of nitrogens with one attached hydrogen (secondary N) is 1. The Hall–Kier alpha value is -3.55. The molecule has 3 rings (SSSR count). The van der Waals surface area contributed by atoms with E-state index in [0.717, 1.165) is 26.9 Å². The molecule has 8 heteroatoms. The van der Waals surface area contributed by atoms with Gasteiger partial charge in [-0.25, -0.2) is 9.18 Å². The first-order valence-electron chi connectivity index (χ1n) is 8.65. The molecule has 0 bridgehead atoms. The van der Waals surface area contributed by atoms with Crippen molar-refractivity contribution in [3.8, 4) is 5.69 Å². The van der Waals surface area contributed by atoms with Crippen molar-refractivity contribution in [3.63, 3.8) is 0 Å². The van der Waals surface area contributed by atoms with Crippen LogP contribution >= 0.6 is 0 Å². The van der Waals surface area contributed by atoms with E-state index in [2.05, 4.69) is 24.3 Å². The van der Waals surface area contributed by atoms with Gasteiger partial charge in [0.05, 0.1) is 5.69 Å². The van der Waals surface area contributed by atoms with Crippen LogP contribution in [-0.4, -0.2) is 20.3 Å². The third-order valence-electron chi connectivity index (χ3n) is 4.30. The monoisotopic (exact) mass is 382 g/mol. The topological polar surface area (TPSA) is 86.0 Å². The number of nitrogens with zero attached hydrogens (tertiary/aromatic N) is 3. The fraction of sp³-hybridized carbons (Fsp3) is 0.200. The number of carbonyl (C=O) groups is 1. The van der Waals surface area contributed by atoms with Gasteiger partial charge in [-0.15, -0.1) is 0 Å². The summed E-state index contributed by atoms with van der Waals surface area (Å²) in [5.41, 5.74) is -0.166. The summed E-state index contributed by atoms with van der Waals surface area (Å²) in [5.74, 6) is -0.879. The molecule has 0 atom stereocenters. The van der Waals surface area contributed by atoms with E-state index in [1.165, 1.54) is 19.2 Å². The smallest absolute Gasteiger partial charge is 0.320 e. The number of halogens is 1. The fourth-order valence-electron chi connectivity index (χ4n) is 2.61. The molecule has 0 spiro atoms. The summed E-state index contributed by atoms with van der Waals surface area (Å²) < 4.78 is 14.8. The normalized spacial score (nSPS) is 10.9. The van der Waals surface area contributed by atoms with Gasteiger partial charge in [0.2, 0.25) is 5.69 Å². The van der Waals surface area contributed by atoms with Crippen LogP contribution < -0.4 is 16.6 Å². The van der Waals surface area contributed by atoms with E-state index in [0.29, 0.717) is 11.6 Å². The van der Waals surface area contributed by atoms with Gasteiger partial charge in [0.15, 0.2) is 0 Å². The van der Waals surface area contributed by atoms with Gasteiger partial charge in [-0.05, 0) is 47.9 Å². The van der Waals surface area contributed by atoms with Gasteiger partial charge >= 0.3 is 5.69 Å². The van der Waals surface area contributed by atoms with Crippen LogP contribution in [0, 0.1) is 5.82 Å². The Balaban J connectivity index is 1.99. The van der Waals surface area contributed by atoms with Crippen molar-refractivity contribution >= 4 is 11.6 Å². The summed E-state index contributed by atoms with van der Waals surface area (Å²) in [6.45, 7) is 4.11. The Morgan fingerprint density at radius 1 is 1.04 bits per heavy atom. The molecule has 0 aliphatic carbocycles. The van der Waals surface area contributed by atoms with Gasteiger partial charge in [-0.1, -0.05) is 26.0 Å². The molecule has 1 aromatic heterocycles. The Morgan fingerprint density at radius 3 is 2.21 bits per heavy atom. The Labute approximate surface area is 160 Å². The van der Waals surface area contributed by atoms with Gasteiger partial charge < -0.3 is 5.32 Å². The van der Waals surface area contributed by atoms with Crippen molar-refractivity contribution in [2.24, 2.45) is 7.05 Å². The minimum Gasteiger partial charge on any atom is -0.320 e. The van der Waals surface area contributed by atoms with Crippen LogP contribution in [0.4, 0.5) is 10.1 Å². The van der Waals surface area contributed by atoms with Gasteiger partial charge in [0.25, 0.3) is 11.5 Å². The number of hydrogen-bond acceptors (Lipinski definition) is 4. The summed E-state index contributed by atoms with van der Waals surface area (Å²) in [7, 11) is 1.25. The number of benzene rings is 2. The molecule has 0 fully saturated rings. The number of rotatable bonds is 4. The highest BCUT2D eigenvalue weighted by Gasteiger charge is 2.19. The first kappa shape index (κ1) is 19.2. The average Bonchev–Trinajstić information content (AvgIpc) is 2.67. The molecule has 0 radical (unpaired) electrons. The number of amides is 1. The minimum atomic E-state index is -0.820. The van der Waals surface area contributed by atoms with Crippen LogP contribution in [0.5, 0.6) is 0 Å². The third-order valence-corrected chi connectivity index (χ3v) is 4.30. The molecule has 0 aliphatic heterocycles. The van der Waals surface area contributed by atoms with Crippen molar-refractivity contribution in [1.29, 1.82) is 0 Å². The molecule has 0 unspecified atom stereocenters. The van der Waals surface area contributed by atoms with Crippen molar-refractivity contribution in [2.45, 2.75) is 19.8 Å². The second-order valence-electron chi connectivity index (χ2n) is 6.61. The highest BCUT2D eigenvalue weighted by atomic mass is 19.1. The molecule has 144 valence electrons. The largest absolute Gasteiger partial charge is 0.351 e. The zero-order valence-electron chi connectivity index (χ0n) is 15.6. The second kappa shape index (κ2) is 7.59. The Bertz CT molecular complexity index is 1130. The number of carbonyl (C=O) groups excluding carboxylic acids is 1. The molecule has 0 saturated heterocycles. The fourth-order valence-corrected chi connectivity index (χ4v) is 2.61. The van der Waals surface area contributed by atoms with E-state index in [-0.39, 0.29) is 5.69 Å². The maximum atomic E-state index is 13.1. The van der Waals surface area contributed by atoms with Gasteiger partial charge in [0, 0.05) is 12.7 Å². The van der Waals surface area contributed by atoms with Crippen LogP contribution in [0.3, 0.4) is 0 Å². The molecule has 1 heterocycles. The lowest BCUT2D eigenvalue weighted by Gasteiger charge is -2.10. The Morgan fingerprint density at radius 2 is 1.64 bits per heavy atom. The molecule has 1 N–H and O–H groups in total. The van der Waals surface area contributed by atoms with Gasteiger partial charge in [-0.3, -0.25) is 14.2 Å². The molecular formula is C20H19FN4O3. The molecule has 28 heavy (non-hydrogen) atoms. The highest BCUT2D eigenvalue weighted by Crippen LogP contribution is 2.17.